The van der Waals surface area contributed by atoms with Gasteiger partial charge in [0.15, 0.2) is 0 Å². The maximum Gasteiger partial charge on any atom is 0.0873 e. The van der Waals surface area contributed by atoms with E-state index in [1.165, 1.54) is 43.4 Å². The number of fused-ring (bicyclic) bond motifs is 9. The predicted molar refractivity (Wildman–Crippen MR) is 171 cm³/mol. The van der Waals surface area contributed by atoms with E-state index >= 15 is 0 Å². The number of rotatable bonds is 2. The maximum absolute atomic E-state index is 8.58. The Morgan fingerprint density at radius 1 is 0.375 bits per heavy atom. The highest BCUT2D eigenvalue weighted by molar-refractivity contribution is 6.53. The molecule has 0 aromatic heterocycles. The van der Waals surface area contributed by atoms with Crippen molar-refractivity contribution in [3.63, 3.8) is 0 Å². The molecule has 40 heavy (non-hydrogen) atoms. The van der Waals surface area contributed by atoms with E-state index in [4.69, 9.17) is 10.8 Å². The third-order valence-corrected chi connectivity index (χ3v) is 8.28. The Morgan fingerprint density at radius 2 is 0.900 bits per heavy atom. The number of hydrogen-bond donors (Lipinski definition) is 2. The summed E-state index contributed by atoms with van der Waals surface area (Å²) in [5.74, 6) is 0. The maximum atomic E-state index is 8.58. The lowest BCUT2D eigenvalue weighted by atomic mass is 9.88. The smallest absolute Gasteiger partial charge is 0.0873 e. The van der Waals surface area contributed by atoms with E-state index in [1.54, 1.807) is 6.08 Å². The molecule has 1 aliphatic carbocycles. The van der Waals surface area contributed by atoms with Gasteiger partial charge in [-0.2, -0.15) is 0 Å². The highest BCUT2D eigenvalue weighted by Crippen LogP contribution is 2.38. The number of allylic oxidation sites excluding steroid dienone is 1. The monoisotopic (exact) mass is 508 g/mol. The van der Waals surface area contributed by atoms with Crippen molar-refractivity contribution in [2.75, 3.05) is 0 Å². The molecule has 0 radical (unpaired) electrons. The summed E-state index contributed by atoms with van der Waals surface area (Å²) in [6.07, 6.45) is 3.65. The van der Waals surface area contributed by atoms with Crippen molar-refractivity contribution >= 4 is 60.6 Å². The van der Waals surface area contributed by atoms with E-state index in [9.17, 15) is 0 Å². The summed E-state index contributed by atoms with van der Waals surface area (Å²) in [4.78, 5) is 0. The molecule has 0 unspecified atom stereocenters. The van der Waals surface area contributed by atoms with E-state index in [2.05, 4.69) is 115 Å². The summed E-state index contributed by atoms with van der Waals surface area (Å²) in [7, 11) is 0. The van der Waals surface area contributed by atoms with E-state index in [0.29, 0.717) is 0 Å². The van der Waals surface area contributed by atoms with Gasteiger partial charge in [0.1, 0.15) is 0 Å². The van der Waals surface area contributed by atoms with Gasteiger partial charge in [-0.1, -0.05) is 109 Å². The van der Waals surface area contributed by atoms with Gasteiger partial charge >= 0.3 is 0 Å². The van der Waals surface area contributed by atoms with Gasteiger partial charge in [-0.25, -0.2) is 0 Å². The van der Waals surface area contributed by atoms with Crippen LogP contribution in [0.3, 0.4) is 0 Å². The third-order valence-electron chi connectivity index (χ3n) is 8.28. The molecule has 7 aromatic rings. The summed E-state index contributed by atoms with van der Waals surface area (Å²) < 4.78 is 0. The normalized spacial score (nSPS) is 13.0. The van der Waals surface area contributed by atoms with Crippen molar-refractivity contribution in [3.05, 3.63) is 139 Å². The molecule has 2 N–H and O–H groups in total. The molecule has 0 spiro atoms. The lowest BCUT2D eigenvalue weighted by molar-refractivity contribution is 1.47. The minimum atomic E-state index is 0.254. The largest absolute Gasteiger partial charge is 0.299 e. The Labute approximate surface area is 231 Å². The molecule has 0 fully saturated rings. The summed E-state index contributed by atoms with van der Waals surface area (Å²) >= 11 is 0. The second-order valence-electron chi connectivity index (χ2n) is 10.5. The van der Waals surface area contributed by atoms with Crippen LogP contribution in [0.1, 0.15) is 11.1 Å². The second-order valence-corrected chi connectivity index (χ2v) is 10.5. The highest BCUT2D eigenvalue weighted by atomic mass is 14.5. The zero-order valence-corrected chi connectivity index (χ0v) is 21.7. The van der Waals surface area contributed by atoms with Crippen molar-refractivity contribution in [1.82, 2.24) is 0 Å². The summed E-state index contributed by atoms with van der Waals surface area (Å²) in [5, 5.41) is 26.5. The first-order chi connectivity index (χ1) is 19.7. The van der Waals surface area contributed by atoms with Crippen LogP contribution in [0.4, 0.5) is 0 Å². The molecule has 7 aromatic carbocycles. The Bertz CT molecular complexity index is 2220. The van der Waals surface area contributed by atoms with Crippen molar-refractivity contribution < 1.29 is 0 Å². The Balaban J connectivity index is 1.29. The van der Waals surface area contributed by atoms with E-state index in [-0.39, 0.29) is 11.4 Å². The SMILES string of the molecule is N=C1C=Cc2ccc3ccc(-c4cccc(-c5ccc6c7ccccc7c7ccccc7c6c5)c4)cc3c2C1=N. The van der Waals surface area contributed by atoms with Crippen LogP contribution >= 0.6 is 0 Å². The third kappa shape index (κ3) is 3.36. The van der Waals surface area contributed by atoms with Crippen LogP contribution in [0.2, 0.25) is 0 Å². The summed E-state index contributed by atoms with van der Waals surface area (Å²) in [5.41, 5.74) is 6.97. The summed E-state index contributed by atoms with van der Waals surface area (Å²) in [6.45, 7) is 0. The predicted octanol–water partition coefficient (Wildman–Crippen LogP) is 10.0. The molecule has 2 nitrogen and oxygen atoms in total. The minimum absolute atomic E-state index is 0.254. The molecule has 0 bridgehead atoms. The van der Waals surface area contributed by atoms with Crippen LogP contribution in [0.15, 0.2) is 127 Å². The average molecular weight is 509 g/mol. The van der Waals surface area contributed by atoms with Crippen LogP contribution in [0.5, 0.6) is 0 Å². The van der Waals surface area contributed by atoms with Gasteiger partial charge < -0.3 is 0 Å². The number of benzene rings is 7. The highest BCUT2D eigenvalue weighted by Gasteiger charge is 2.18. The molecular weight excluding hydrogens is 484 g/mol. The first kappa shape index (κ1) is 22.6. The Kier molecular flexibility index (Phi) is 4.86. The lowest BCUT2D eigenvalue weighted by Gasteiger charge is -2.16. The first-order valence-electron chi connectivity index (χ1n) is 13.5. The van der Waals surface area contributed by atoms with E-state index in [0.717, 1.165) is 33.0 Å². The fourth-order valence-corrected chi connectivity index (χ4v) is 6.29. The van der Waals surface area contributed by atoms with Crippen LogP contribution < -0.4 is 0 Å². The molecule has 0 amide bonds. The first-order valence-corrected chi connectivity index (χ1v) is 13.5. The quantitative estimate of drug-likeness (QED) is 0.218. The molecule has 0 heterocycles. The van der Waals surface area contributed by atoms with Crippen molar-refractivity contribution in [2.45, 2.75) is 0 Å². The number of nitrogens with one attached hydrogen (secondary N) is 2. The molecular formula is C38H24N2. The van der Waals surface area contributed by atoms with Gasteiger partial charge in [-0.3, -0.25) is 10.8 Å². The fourth-order valence-electron chi connectivity index (χ4n) is 6.29. The molecule has 2 heteroatoms. The molecule has 186 valence electrons. The lowest BCUT2D eigenvalue weighted by Crippen LogP contribution is -2.16. The standard InChI is InChI=1S/C38H24N2/c39-36-19-17-24-14-12-23-13-15-27(21-34(23)37(24)38(36)40)25-6-5-7-26(20-25)28-16-18-33-31-10-2-1-8-29(31)30-9-3-4-11-32(30)35(33)22-28/h1-22,39-40H. The fraction of sp³-hybridized carbons (Fsp3) is 0. The zero-order chi connectivity index (χ0) is 26.8. The Morgan fingerprint density at radius 3 is 1.57 bits per heavy atom. The summed E-state index contributed by atoms with van der Waals surface area (Å²) in [6, 6.07) is 43.5. The Hall–Kier alpha value is -5.34. The minimum Gasteiger partial charge on any atom is -0.299 e. The van der Waals surface area contributed by atoms with Crippen LogP contribution in [-0.2, 0) is 0 Å². The molecule has 0 saturated carbocycles. The molecule has 0 aliphatic heterocycles. The molecule has 1 aliphatic rings. The van der Waals surface area contributed by atoms with Crippen LogP contribution in [0, 0.1) is 10.8 Å². The van der Waals surface area contributed by atoms with Gasteiger partial charge in [0.2, 0.25) is 0 Å². The van der Waals surface area contributed by atoms with Gasteiger partial charge in [0.05, 0.1) is 11.4 Å². The van der Waals surface area contributed by atoms with Crippen molar-refractivity contribution in [1.29, 1.82) is 10.8 Å². The molecule has 0 saturated heterocycles. The van der Waals surface area contributed by atoms with Gasteiger partial charge in [0, 0.05) is 5.56 Å². The van der Waals surface area contributed by atoms with E-state index < -0.39 is 0 Å². The van der Waals surface area contributed by atoms with Gasteiger partial charge in [-0.05, 0) is 95.2 Å². The number of hydrogen-bond acceptors (Lipinski definition) is 2. The molecule has 0 atom stereocenters. The van der Waals surface area contributed by atoms with E-state index in [1.807, 2.05) is 12.1 Å². The van der Waals surface area contributed by atoms with Crippen molar-refractivity contribution in [2.24, 2.45) is 0 Å². The van der Waals surface area contributed by atoms with Gasteiger partial charge in [0.25, 0.3) is 0 Å². The van der Waals surface area contributed by atoms with Crippen molar-refractivity contribution in [3.8, 4) is 22.3 Å². The molecule has 8 rings (SSSR count). The van der Waals surface area contributed by atoms with Gasteiger partial charge in [-0.15, -0.1) is 0 Å². The topological polar surface area (TPSA) is 47.7 Å². The van der Waals surface area contributed by atoms with Crippen LogP contribution in [0.25, 0.3) is 71.4 Å². The van der Waals surface area contributed by atoms with Crippen LogP contribution in [-0.4, -0.2) is 11.4 Å². The average Bonchev–Trinajstić information content (AvgIpc) is 3.02. The second kappa shape index (κ2) is 8.59. The zero-order valence-electron chi connectivity index (χ0n) is 21.7.